The molecule has 1 aliphatic rings. The fraction of sp³-hybridized carbons (Fsp3) is 0.259. The minimum absolute atomic E-state index is 0.0494. The molecule has 36 heavy (non-hydrogen) atoms. The van der Waals surface area contributed by atoms with Crippen LogP contribution in [0, 0.1) is 17.5 Å². The second-order valence-corrected chi connectivity index (χ2v) is 9.60. The van der Waals surface area contributed by atoms with Gasteiger partial charge in [0.05, 0.1) is 11.4 Å². The van der Waals surface area contributed by atoms with Gasteiger partial charge >= 0.3 is 5.97 Å². The number of aliphatic carboxylic acids is 1. The predicted molar refractivity (Wildman–Crippen MR) is 127 cm³/mol. The highest BCUT2D eigenvalue weighted by molar-refractivity contribution is 6.30. The fourth-order valence-electron chi connectivity index (χ4n) is 4.47. The standard InChI is InChI=1S/C27H23ClF3NO4/c1-27(12-17-2-4-22(28)23(31)9-17)13-19-6-16(3-5-24(19)36-27)10-25(33)32(15-26(34)35)14-18-7-20(29)11-21(30)8-18/h2-9,11H,10,12-15H2,1H3,(H,34,35). The van der Waals surface area contributed by atoms with Gasteiger partial charge in [-0.05, 0) is 59.5 Å². The first-order chi connectivity index (χ1) is 17.0. The summed E-state index contributed by atoms with van der Waals surface area (Å²) in [5, 5.41) is 9.28. The van der Waals surface area contributed by atoms with Crippen LogP contribution in [0.15, 0.2) is 54.6 Å². The predicted octanol–water partition coefficient (Wildman–Crippen LogP) is 5.35. The first-order valence-corrected chi connectivity index (χ1v) is 11.6. The zero-order chi connectivity index (χ0) is 26.0. The van der Waals surface area contributed by atoms with Crippen molar-refractivity contribution in [2.75, 3.05) is 6.54 Å². The molecule has 1 N–H and O–H groups in total. The van der Waals surface area contributed by atoms with Gasteiger partial charge < -0.3 is 14.7 Å². The number of hydrogen-bond acceptors (Lipinski definition) is 3. The summed E-state index contributed by atoms with van der Waals surface area (Å²) >= 11 is 5.77. The zero-order valence-electron chi connectivity index (χ0n) is 19.4. The number of nitrogens with zero attached hydrogens (tertiary/aromatic N) is 1. The Labute approximate surface area is 211 Å². The molecule has 188 valence electrons. The lowest BCUT2D eigenvalue weighted by molar-refractivity contribution is -0.144. The van der Waals surface area contributed by atoms with Crippen LogP contribution in [0.25, 0.3) is 0 Å². The maximum absolute atomic E-state index is 13.9. The lowest BCUT2D eigenvalue weighted by Gasteiger charge is -2.24. The van der Waals surface area contributed by atoms with Crippen molar-refractivity contribution in [3.8, 4) is 5.75 Å². The number of hydrogen-bond donors (Lipinski definition) is 1. The number of carbonyl (C=O) groups excluding carboxylic acids is 1. The van der Waals surface area contributed by atoms with Gasteiger partial charge in [0.25, 0.3) is 0 Å². The maximum atomic E-state index is 13.9. The van der Waals surface area contributed by atoms with Crippen LogP contribution in [-0.2, 0) is 35.4 Å². The van der Waals surface area contributed by atoms with Crippen molar-refractivity contribution in [1.29, 1.82) is 0 Å². The molecule has 4 rings (SSSR count). The third-order valence-corrected chi connectivity index (χ3v) is 6.24. The van der Waals surface area contributed by atoms with Crippen LogP contribution in [0.3, 0.4) is 0 Å². The van der Waals surface area contributed by atoms with E-state index in [0.717, 1.165) is 28.2 Å². The van der Waals surface area contributed by atoms with E-state index >= 15 is 0 Å². The molecule has 1 amide bonds. The third-order valence-electron chi connectivity index (χ3n) is 5.94. The third kappa shape index (κ3) is 6.18. The van der Waals surface area contributed by atoms with Crippen molar-refractivity contribution in [2.45, 2.75) is 38.3 Å². The number of fused-ring (bicyclic) bond motifs is 1. The summed E-state index contributed by atoms with van der Waals surface area (Å²) in [6.07, 6.45) is 0.869. The number of halogens is 4. The molecule has 0 aromatic heterocycles. The number of rotatable bonds is 8. The second-order valence-electron chi connectivity index (χ2n) is 9.19. The molecular formula is C27H23ClF3NO4. The molecule has 0 saturated carbocycles. The first kappa shape index (κ1) is 25.6. The number of carboxylic acid groups (broad SMARTS) is 1. The van der Waals surface area contributed by atoms with Crippen molar-refractivity contribution in [3.05, 3.63) is 99.3 Å². The molecule has 1 atom stereocenters. The molecule has 0 bridgehead atoms. The molecule has 0 spiro atoms. The minimum Gasteiger partial charge on any atom is -0.487 e. The lowest BCUT2D eigenvalue weighted by atomic mass is 9.91. The van der Waals surface area contributed by atoms with E-state index in [1.165, 1.54) is 12.1 Å². The van der Waals surface area contributed by atoms with Crippen LogP contribution in [-0.4, -0.2) is 34.0 Å². The van der Waals surface area contributed by atoms with E-state index < -0.39 is 41.5 Å². The largest absolute Gasteiger partial charge is 0.487 e. The fourth-order valence-corrected chi connectivity index (χ4v) is 4.59. The van der Waals surface area contributed by atoms with Gasteiger partial charge in [-0.2, -0.15) is 0 Å². The van der Waals surface area contributed by atoms with Crippen molar-refractivity contribution in [3.63, 3.8) is 0 Å². The van der Waals surface area contributed by atoms with Gasteiger partial charge in [0.15, 0.2) is 0 Å². The Morgan fingerprint density at radius 3 is 2.36 bits per heavy atom. The van der Waals surface area contributed by atoms with Crippen molar-refractivity contribution < 1.29 is 32.6 Å². The Morgan fingerprint density at radius 2 is 1.69 bits per heavy atom. The van der Waals surface area contributed by atoms with Crippen LogP contribution in [0.1, 0.15) is 29.2 Å². The monoisotopic (exact) mass is 517 g/mol. The molecular weight excluding hydrogens is 495 g/mol. The normalized spacial score (nSPS) is 16.4. The summed E-state index contributed by atoms with van der Waals surface area (Å²) in [6, 6.07) is 12.7. The molecule has 0 aliphatic carbocycles. The number of carboxylic acids is 1. The Hall–Kier alpha value is -3.52. The summed E-state index contributed by atoms with van der Waals surface area (Å²) in [5.41, 5.74) is 1.78. The first-order valence-electron chi connectivity index (χ1n) is 11.2. The van der Waals surface area contributed by atoms with Crippen molar-refractivity contribution in [1.82, 2.24) is 4.90 Å². The Kier molecular flexibility index (Phi) is 7.26. The number of carbonyl (C=O) groups is 2. The van der Waals surface area contributed by atoms with Crippen molar-refractivity contribution in [2.24, 2.45) is 0 Å². The molecule has 1 unspecified atom stereocenters. The summed E-state index contributed by atoms with van der Waals surface area (Å²) in [7, 11) is 0. The molecule has 1 aliphatic heterocycles. The molecule has 9 heteroatoms. The molecule has 0 saturated heterocycles. The summed E-state index contributed by atoms with van der Waals surface area (Å²) in [5.74, 6) is -3.20. The summed E-state index contributed by atoms with van der Waals surface area (Å²) in [6.45, 7) is 1.06. The van der Waals surface area contributed by atoms with Gasteiger partial charge in [0, 0.05) is 25.5 Å². The SMILES string of the molecule is CC1(Cc2ccc(Cl)c(F)c2)Cc2cc(CC(=O)N(CC(=O)O)Cc3cc(F)cc(F)c3)ccc2O1. The minimum atomic E-state index is -1.24. The Bertz CT molecular complexity index is 1310. The average molecular weight is 518 g/mol. The van der Waals surface area contributed by atoms with E-state index in [1.54, 1.807) is 18.2 Å². The quantitative estimate of drug-likeness (QED) is 0.437. The molecule has 0 radical (unpaired) electrons. The van der Waals surface area contributed by atoms with Gasteiger partial charge in [-0.1, -0.05) is 29.8 Å². The molecule has 3 aromatic rings. The van der Waals surface area contributed by atoms with Gasteiger partial charge in [0.1, 0.15) is 35.3 Å². The van der Waals surface area contributed by atoms with E-state index in [2.05, 4.69) is 0 Å². The van der Waals surface area contributed by atoms with Gasteiger partial charge in [-0.25, -0.2) is 13.2 Å². The summed E-state index contributed by atoms with van der Waals surface area (Å²) in [4.78, 5) is 25.3. The topological polar surface area (TPSA) is 66.8 Å². The Morgan fingerprint density at radius 1 is 1.00 bits per heavy atom. The molecule has 5 nitrogen and oxygen atoms in total. The van der Waals surface area contributed by atoms with Crippen LogP contribution >= 0.6 is 11.6 Å². The molecule has 1 heterocycles. The number of ether oxygens (including phenoxy) is 1. The van der Waals surface area contributed by atoms with E-state index in [-0.39, 0.29) is 23.6 Å². The molecule has 3 aromatic carbocycles. The zero-order valence-corrected chi connectivity index (χ0v) is 20.1. The highest BCUT2D eigenvalue weighted by Gasteiger charge is 2.35. The van der Waals surface area contributed by atoms with E-state index in [0.29, 0.717) is 30.2 Å². The second kappa shape index (κ2) is 10.2. The van der Waals surface area contributed by atoms with E-state index in [4.69, 9.17) is 16.3 Å². The van der Waals surface area contributed by atoms with Gasteiger partial charge in [0.2, 0.25) is 5.91 Å². The van der Waals surface area contributed by atoms with E-state index in [9.17, 15) is 27.9 Å². The summed E-state index contributed by atoms with van der Waals surface area (Å²) < 4.78 is 47.1. The van der Waals surface area contributed by atoms with Crippen LogP contribution in [0.5, 0.6) is 5.75 Å². The maximum Gasteiger partial charge on any atom is 0.323 e. The van der Waals surface area contributed by atoms with E-state index in [1.807, 2.05) is 13.0 Å². The smallest absolute Gasteiger partial charge is 0.323 e. The molecule has 0 fully saturated rings. The number of amides is 1. The Balaban J connectivity index is 1.47. The average Bonchev–Trinajstić information content (AvgIpc) is 3.10. The highest BCUT2D eigenvalue weighted by Crippen LogP contribution is 2.38. The lowest BCUT2D eigenvalue weighted by Crippen LogP contribution is -2.36. The van der Waals surface area contributed by atoms with Crippen LogP contribution in [0.2, 0.25) is 5.02 Å². The van der Waals surface area contributed by atoms with Crippen LogP contribution in [0.4, 0.5) is 13.2 Å². The number of benzene rings is 3. The van der Waals surface area contributed by atoms with Gasteiger partial charge in [-0.15, -0.1) is 0 Å². The highest BCUT2D eigenvalue weighted by atomic mass is 35.5. The van der Waals surface area contributed by atoms with Crippen LogP contribution < -0.4 is 4.74 Å². The van der Waals surface area contributed by atoms with Crippen molar-refractivity contribution >= 4 is 23.5 Å². The van der Waals surface area contributed by atoms with Gasteiger partial charge in [-0.3, -0.25) is 9.59 Å².